The van der Waals surface area contributed by atoms with Gasteiger partial charge in [-0.3, -0.25) is 0 Å². The molecule has 0 aromatic heterocycles. The molecule has 0 N–H and O–H groups in total. The van der Waals surface area contributed by atoms with Gasteiger partial charge in [-0.25, -0.2) is 0 Å². The van der Waals surface area contributed by atoms with Crippen LogP contribution in [0.15, 0.2) is 0 Å². The second-order valence-electron chi connectivity index (χ2n) is 6.24. The predicted octanol–water partition coefficient (Wildman–Crippen LogP) is 5.52. The maximum absolute atomic E-state index is 2.44. The van der Waals surface area contributed by atoms with Crippen LogP contribution in [0, 0.1) is 23.2 Å². The Hall–Kier alpha value is 0. The zero-order valence-electron chi connectivity index (χ0n) is 12.1. The van der Waals surface area contributed by atoms with Gasteiger partial charge in [0.2, 0.25) is 0 Å². The van der Waals surface area contributed by atoms with Crippen molar-refractivity contribution < 1.29 is 0 Å². The summed E-state index contributed by atoms with van der Waals surface area (Å²) in [6.45, 7) is 16.7. The van der Waals surface area contributed by atoms with Gasteiger partial charge in [0.15, 0.2) is 0 Å². The van der Waals surface area contributed by atoms with Crippen molar-refractivity contribution in [2.24, 2.45) is 23.2 Å². The monoisotopic (exact) mass is 212 g/mol. The summed E-state index contributed by atoms with van der Waals surface area (Å²) >= 11 is 0. The molecule has 92 valence electrons. The van der Waals surface area contributed by atoms with Crippen LogP contribution in [0.25, 0.3) is 0 Å². The first kappa shape index (κ1) is 15.0. The molecule has 0 aromatic rings. The zero-order chi connectivity index (χ0) is 12.1. The third-order valence-electron chi connectivity index (χ3n) is 4.78. The van der Waals surface area contributed by atoms with Crippen molar-refractivity contribution >= 4 is 0 Å². The van der Waals surface area contributed by atoms with E-state index in [-0.39, 0.29) is 0 Å². The van der Waals surface area contributed by atoms with Gasteiger partial charge in [-0.2, -0.15) is 0 Å². The van der Waals surface area contributed by atoms with Gasteiger partial charge < -0.3 is 0 Å². The summed E-state index contributed by atoms with van der Waals surface area (Å²) in [4.78, 5) is 0. The zero-order valence-corrected chi connectivity index (χ0v) is 12.1. The standard InChI is InChI=1S/C15H32/c1-8-9-10-11-13(4)14(5)15(6,7)12(2)3/h12-14H,8-11H2,1-7H3. The normalized spacial score (nSPS) is 16.8. The number of unbranched alkanes of at least 4 members (excludes halogenated alkanes) is 2. The molecule has 0 fully saturated rings. The van der Waals surface area contributed by atoms with Crippen molar-refractivity contribution in [2.75, 3.05) is 0 Å². The topological polar surface area (TPSA) is 0 Å². The Kier molecular flexibility index (Phi) is 6.55. The maximum atomic E-state index is 2.44. The Labute approximate surface area is 97.8 Å². The van der Waals surface area contributed by atoms with Crippen LogP contribution in [0.3, 0.4) is 0 Å². The Morgan fingerprint density at radius 3 is 1.87 bits per heavy atom. The van der Waals surface area contributed by atoms with Crippen molar-refractivity contribution in [2.45, 2.75) is 74.1 Å². The van der Waals surface area contributed by atoms with Gasteiger partial charge in [0.25, 0.3) is 0 Å². The largest absolute Gasteiger partial charge is 0.0654 e. The predicted molar refractivity (Wildman–Crippen MR) is 71.1 cm³/mol. The highest BCUT2D eigenvalue weighted by molar-refractivity contribution is 4.81. The van der Waals surface area contributed by atoms with E-state index in [4.69, 9.17) is 0 Å². The number of rotatable bonds is 7. The van der Waals surface area contributed by atoms with Gasteiger partial charge in [0.1, 0.15) is 0 Å². The third kappa shape index (κ3) is 4.57. The summed E-state index contributed by atoms with van der Waals surface area (Å²) in [5, 5.41) is 0. The van der Waals surface area contributed by atoms with Crippen LogP contribution >= 0.6 is 0 Å². The van der Waals surface area contributed by atoms with E-state index in [0.29, 0.717) is 5.41 Å². The highest BCUT2D eigenvalue weighted by atomic mass is 14.4. The molecular weight excluding hydrogens is 180 g/mol. The van der Waals surface area contributed by atoms with Crippen molar-refractivity contribution in [3.8, 4) is 0 Å². The van der Waals surface area contributed by atoms with E-state index >= 15 is 0 Å². The van der Waals surface area contributed by atoms with Crippen molar-refractivity contribution in [1.29, 1.82) is 0 Å². The summed E-state index contributed by atoms with van der Waals surface area (Å²) in [5.41, 5.74) is 0.478. The fourth-order valence-corrected chi connectivity index (χ4v) is 2.23. The summed E-state index contributed by atoms with van der Waals surface area (Å²) in [7, 11) is 0. The average molecular weight is 212 g/mol. The molecule has 0 aliphatic carbocycles. The van der Waals surface area contributed by atoms with Crippen LogP contribution in [0.1, 0.15) is 74.1 Å². The van der Waals surface area contributed by atoms with E-state index in [2.05, 4.69) is 48.5 Å². The van der Waals surface area contributed by atoms with E-state index in [1.54, 1.807) is 0 Å². The third-order valence-corrected chi connectivity index (χ3v) is 4.78. The Bertz CT molecular complexity index is 155. The van der Waals surface area contributed by atoms with Crippen LogP contribution in [0.2, 0.25) is 0 Å². The second-order valence-corrected chi connectivity index (χ2v) is 6.24. The first-order valence-corrected chi connectivity index (χ1v) is 6.84. The quantitative estimate of drug-likeness (QED) is 0.487. The molecule has 0 heterocycles. The van der Waals surface area contributed by atoms with Gasteiger partial charge in [-0.15, -0.1) is 0 Å². The fourth-order valence-electron chi connectivity index (χ4n) is 2.23. The molecule has 0 nitrogen and oxygen atoms in total. The molecule has 0 rings (SSSR count). The van der Waals surface area contributed by atoms with Gasteiger partial charge in [0.05, 0.1) is 0 Å². The van der Waals surface area contributed by atoms with Crippen LogP contribution in [-0.2, 0) is 0 Å². The molecule has 0 saturated heterocycles. The lowest BCUT2D eigenvalue weighted by Gasteiger charge is -2.39. The summed E-state index contributed by atoms with van der Waals surface area (Å²) in [6.07, 6.45) is 5.56. The SMILES string of the molecule is CCCCCC(C)C(C)C(C)(C)C(C)C. The van der Waals surface area contributed by atoms with E-state index in [1.807, 2.05) is 0 Å². The molecule has 2 unspecified atom stereocenters. The van der Waals surface area contributed by atoms with Crippen LogP contribution in [-0.4, -0.2) is 0 Å². The minimum Gasteiger partial charge on any atom is -0.0654 e. The first-order chi connectivity index (χ1) is 6.84. The van der Waals surface area contributed by atoms with Gasteiger partial charge in [0, 0.05) is 0 Å². The van der Waals surface area contributed by atoms with Crippen LogP contribution in [0.5, 0.6) is 0 Å². The molecule has 2 atom stereocenters. The molecule has 0 bridgehead atoms. The molecule has 0 aliphatic rings. The van der Waals surface area contributed by atoms with E-state index < -0.39 is 0 Å². The van der Waals surface area contributed by atoms with Gasteiger partial charge in [-0.05, 0) is 23.2 Å². The smallest absolute Gasteiger partial charge is 0.0303 e. The summed E-state index contributed by atoms with van der Waals surface area (Å²) in [5.74, 6) is 2.48. The summed E-state index contributed by atoms with van der Waals surface area (Å²) < 4.78 is 0. The van der Waals surface area contributed by atoms with E-state index in [1.165, 1.54) is 25.7 Å². The van der Waals surface area contributed by atoms with Gasteiger partial charge in [-0.1, -0.05) is 74.1 Å². The molecule has 0 spiro atoms. The molecule has 15 heavy (non-hydrogen) atoms. The lowest BCUT2D eigenvalue weighted by atomic mass is 9.66. The number of hydrogen-bond donors (Lipinski definition) is 0. The Balaban J connectivity index is 4.12. The minimum atomic E-state index is 0.478. The Morgan fingerprint density at radius 1 is 0.933 bits per heavy atom. The van der Waals surface area contributed by atoms with E-state index in [0.717, 1.165) is 17.8 Å². The maximum Gasteiger partial charge on any atom is -0.0303 e. The van der Waals surface area contributed by atoms with Crippen molar-refractivity contribution in [1.82, 2.24) is 0 Å². The molecule has 0 heteroatoms. The van der Waals surface area contributed by atoms with Crippen molar-refractivity contribution in [3.05, 3.63) is 0 Å². The van der Waals surface area contributed by atoms with Crippen molar-refractivity contribution in [3.63, 3.8) is 0 Å². The first-order valence-electron chi connectivity index (χ1n) is 6.84. The lowest BCUT2D eigenvalue weighted by molar-refractivity contribution is 0.100. The Morgan fingerprint density at radius 2 is 1.47 bits per heavy atom. The van der Waals surface area contributed by atoms with Crippen LogP contribution in [0.4, 0.5) is 0 Å². The minimum absolute atomic E-state index is 0.478. The molecule has 0 aromatic carbocycles. The number of hydrogen-bond acceptors (Lipinski definition) is 0. The summed E-state index contributed by atoms with van der Waals surface area (Å²) in [6, 6.07) is 0. The average Bonchev–Trinajstić information content (AvgIpc) is 2.16. The molecule has 0 radical (unpaired) electrons. The van der Waals surface area contributed by atoms with Crippen LogP contribution < -0.4 is 0 Å². The molecule has 0 saturated carbocycles. The van der Waals surface area contributed by atoms with E-state index in [9.17, 15) is 0 Å². The molecular formula is C15H32. The highest BCUT2D eigenvalue weighted by Crippen LogP contribution is 2.40. The lowest BCUT2D eigenvalue weighted by Crippen LogP contribution is -2.31. The fraction of sp³-hybridized carbons (Fsp3) is 1.00. The molecule has 0 aliphatic heterocycles. The van der Waals surface area contributed by atoms with Gasteiger partial charge >= 0.3 is 0 Å². The second kappa shape index (κ2) is 6.55. The molecule has 0 amide bonds. The highest BCUT2D eigenvalue weighted by Gasteiger charge is 2.32.